The van der Waals surface area contributed by atoms with Crippen LogP contribution in [-0.4, -0.2) is 22.5 Å². The van der Waals surface area contributed by atoms with Gasteiger partial charge in [-0.3, -0.25) is 9.79 Å². The van der Waals surface area contributed by atoms with Gasteiger partial charge < -0.3 is 0 Å². The first kappa shape index (κ1) is 15.0. The van der Waals surface area contributed by atoms with Crippen molar-refractivity contribution in [1.82, 2.24) is 0 Å². The van der Waals surface area contributed by atoms with Crippen molar-refractivity contribution in [3.8, 4) is 0 Å². The number of benzene rings is 1. The molecule has 1 aliphatic carbocycles. The number of Topliss-reactive ketones (excluding diaryl/α,β-unsaturated/α-hetero) is 1. The van der Waals surface area contributed by atoms with E-state index in [9.17, 15) is 4.79 Å². The third-order valence-corrected chi connectivity index (χ3v) is 7.18. The molecule has 1 aromatic carbocycles. The van der Waals surface area contributed by atoms with Crippen molar-refractivity contribution in [1.29, 1.82) is 0 Å². The Morgan fingerprint density at radius 3 is 2.95 bits per heavy atom. The van der Waals surface area contributed by atoms with Crippen LogP contribution in [0, 0.1) is 0 Å². The van der Waals surface area contributed by atoms with Crippen LogP contribution in [0.2, 0.25) is 5.02 Å². The van der Waals surface area contributed by atoms with E-state index in [1.165, 1.54) is 5.71 Å². The summed E-state index contributed by atoms with van der Waals surface area (Å²) < 4.78 is 0.894. The zero-order valence-electron chi connectivity index (χ0n) is 11.9. The third kappa shape index (κ3) is 2.40. The van der Waals surface area contributed by atoms with Gasteiger partial charge in [-0.15, -0.1) is 0 Å². The second-order valence-electron chi connectivity index (χ2n) is 5.93. The Bertz CT molecular complexity index is 727. The summed E-state index contributed by atoms with van der Waals surface area (Å²) in [7, 11) is 0. The molecule has 4 rings (SSSR count). The van der Waals surface area contributed by atoms with Crippen LogP contribution in [0.15, 0.2) is 38.9 Å². The highest BCUT2D eigenvalue weighted by atomic mass is 79.9. The Morgan fingerprint density at radius 1 is 1.27 bits per heavy atom. The van der Waals surface area contributed by atoms with Crippen molar-refractivity contribution in [2.45, 2.75) is 36.9 Å². The van der Waals surface area contributed by atoms with Crippen LogP contribution in [0.25, 0.3) is 0 Å². The Morgan fingerprint density at radius 2 is 2.14 bits per heavy atom. The molecule has 2 nitrogen and oxygen atoms in total. The summed E-state index contributed by atoms with van der Waals surface area (Å²) in [4.78, 5) is 17.4. The quantitative estimate of drug-likeness (QED) is 0.656. The molecule has 2 heterocycles. The van der Waals surface area contributed by atoms with Crippen molar-refractivity contribution >= 4 is 50.8 Å². The largest absolute Gasteiger partial charge is 0.294 e. The standard InChI is InChI=1S/C17H15BrClNOS/c18-10-5-4-9(8-11(10)19)15-16-12(2-1-3-14(16)21)20-13-6-7-22-17(13)15/h4-5,8,15,17H,1-3,6-7H2. The zero-order chi connectivity index (χ0) is 15.3. The fourth-order valence-corrected chi connectivity index (χ4v) is 5.49. The molecule has 1 aromatic rings. The molecule has 1 saturated heterocycles. The number of rotatable bonds is 1. The lowest BCUT2D eigenvalue weighted by molar-refractivity contribution is -0.116. The molecule has 2 unspecified atom stereocenters. The molecule has 0 spiro atoms. The van der Waals surface area contributed by atoms with Gasteiger partial charge in [0.15, 0.2) is 5.78 Å². The maximum Gasteiger partial charge on any atom is 0.161 e. The molecule has 3 aliphatic rings. The number of ketones is 1. The number of allylic oxidation sites excluding steroid dienone is 2. The zero-order valence-corrected chi connectivity index (χ0v) is 15.1. The maximum absolute atomic E-state index is 12.6. The SMILES string of the molecule is O=C1CCCC2=C1C(c1ccc(Br)c(Cl)c1)C1SCCC1=N2. The van der Waals surface area contributed by atoms with Gasteiger partial charge in [-0.25, -0.2) is 0 Å². The van der Waals surface area contributed by atoms with Gasteiger partial charge in [-0.05, 0) is 58.6 Å². The highest BCUT2D eigenvalue weighted by Gasteiger charge is 2.42. The van der Waals surface area contributed by atoms with Gasteiger partial charge in [0.05, 0.1) is 10.3 Å². The van der Waals surface area contributed by atoms with E-state index in [0.29, 0.717) is 16.7 Å². The van der Waals surface area contributed by atoms with Crippen LogP contribution >= 0.6 is 39.3 Å². The number of aliphatic imine (C=N–C) groups is 1. The van der Waals surface area contributed by atoms with Crippen LogP contribution in [-0.2, 0) is 4.79 Å². The van der Waals surface area contributed by atoms with Crippen LogP contribution in [0.4, 0.5) is 0 Å². The summed E-state index contributed by atoms with van der Waals surface area (Å²) >= 11 is 11.7. The lowest BCUT2D eigenvalue weighted by Crippen LogP contribution is -2.32. The van der Waals surface area contributed by atoms with Crippen molar-refractivity contribution in [2.24, 2.45) is 4.99 Å². The van der Waals surface area contributed by atoms with E-state index in [0.717, 1.165) is 46.3 Å². The smallest absolute Gasteiger partial charge is 0.161 e. The number of nitrogens with zero attached hydrogens (tertiary/aromatic N) is 1. The minimum Gasteiger partial charge on any atom is -0.294 e. The second kappa shape index (κ2) is 5.81. The van der Waals surface area contributed by atoms with E-state index in [1.54, 1.807) is 0 Å². The van der Waals surface area contributed by atoms with E-state index in [4.69, 9.17) is 16.6 Å². The van der Waals surface area contributed by atoms with Gasteiger partial charge in [0, 0.05) is 33.8 Å². The Labute approximate surface area is 147 Å². The number of thioether (sulfide) groups is 1. The molecular weight excluding hydrogens is 382 g/mol. The molecular formula is C17H15BrClNOS. The summed E-state index contributed by atoms with van der Waals surface area (Å²) in [5.74, 6) is 1.49. The second-order valence-corrected chi connectivity index (χ2v) is 8.44. The molecule has 0 radical (unpaired) electrons. The monoisotopic (exact) mass is 395 g/mol. The van der Waals surface area contributed by atoms with Crippen molar-refractivity contribution in [2.75, 3.05) is 5.75 Å². The van der Waals surface area contributed by atoms with Gasteiger partial charge in [-0.1, -0.05) is 17.7 Å². The summed E-state index contributed by atoms with van der Waals surface area (Å²) in [6, 6.07) is 6.08. The summed E-state index contributed by atoms with van der Waals surface area (Å²) in [5.41, 5.74) is 4.40. The van der Waals surface area contributed by atoms with Crippen LogP contribution < -0.4 is 0 Å². The topological polar surface area (TPSA) is 29.4 Å². The number of hydrogen-bond donors (Lipinski definition) is 0. The predicted molar refractivity (Wildman–Crippen MR) is 96.1 cm³/mol. The Hall–Kier alpha value is -0.580. The highest BCUT2D eigenvalue weighted by Crippen LogP contribution is 2.48. The maximum atomic E-state index is 12.6. The predicted octanol–water partition coefficient (Wildman–Crippen LogP) is 5.15. The molecule has 22 heavy (non-hydrogen) atoms. The van der Waals surface area contributed by atoms with Gasteiger partial charge in [0.2, 0.25) is 0 Å². The molecule has 1 fully saturated rings. The minimum atomic E-state index is 0.119. The Balaban J connectivity index is 1.87. The van der Waals surface area contributed by atoms with Gasteiger partial charge in [0.25, 0.3) is 0 Å². The fourth-order valence-electron chi connectivity index (χ4n) is 3.62. The van der Waals surface area contributed by atoms with Crippen molar-refractivity contribution in [3.63, 3.8) is 0 Å². The van der Waals surface area contributed by atoms with Gasteiger partial charge >= 0.3 is 0 Å². The number of carbonyl (C=O) groups excluding carboxylic acids is 1. The molecule has 0 bridgehead atoms. The number of halogens is 2. The normalized spacial score (nSPS) is 27.5. The Kier molecular flexibility index (Phi) is 3.95. The van der Waals surface area contributed by atoms with Crippen LogP contribution in [0.5, 0.6) is 0 Å². The van der Waals surface area contributed by atoms with E-state index >= 15 is 0 Å². The molecule has 2 aliphatic heterocycles. The molecule has 0 aromatic heterocycles. The average molecular weight is 397 g/mol. The first-order valence-corrected chi connectivity index (χ1v) is 9.77. The summed E-state index contributed by atoms with van der Waals surface area (Å²) in [6.07, 6.45) is 3.56. The van der Waals surface area contributed by atoms with Crippen LogP contribution in [0.3, 0.4) is 0 Å². The summed E-state index contributed by atoms with van der Waals surface area (Å²) in [5, 5.41) is 1.01. The van der Waals surface area contributed by atoms with Crippen molar-refractivity contribution < 1.29 is 4.79 Å². The highest BCUT2D eigenvalue weighted by molar-refractivity contribution is 9.10. The first-order chi connectivity index (χ1) is 10.6. The molecule has 0 saturated carbocycles. The van der Waals surface area contributed by atoms with E-state index in [1.807, 2.05) is 23.9 Å². The first-order valence-electron chi connectivity index (χ1n) is 7.55. The van der Waals surface area contributed by atoms with Gasteiger partial charge in [0.1, 0.15) is 0 Å². The lowest BCUT2D eigenvalue weighted by atomic mass is 9.77. The van der Waals surface area contributed by atoms with Gasteiger partial charge in [-0.2, -0.15) is 11.8 Å². The number of hydrogen-bond acceptors (Lipinski definition) is 3. The van der Waals surface area contributed by atoms with Crippen molar-refractivity contribution in [3.05, 3.63) is 44.5 Å². The minimum absolute atomic E-state index is 0.119. The van der Waals surface area contributed by atoms with Crippen LogP contribution in [0.1, 0.15) is 37.2 Å². The molecule has 0 amide bonds. The van der Waals surface area contributed by atoms with E-state index in [-0.39, 0.29) is 11.7 Å². The average Bonchev–Trinajstić information content (AvgIpc) is 2.96. The lowest BCUT2D eigenvalue weighted by Gasteiger charge is -2.33. The fraction of sp³-hybridized carbons (Fsp3) is 0.412. The molecule has 114 valence electrons. The van der Waals surface area contributed by atoms with E-state index in [2.05, 4.69) is 22.0 Å². The molecule has 0 N–H and O–H groups in total. The summed E-state index contributed by atoms with van der Waals surface area (Å²) in [6.45, 7) is 0. The number of fused-ring (bicyclic) bond motifs is 1. The van der Waals surface area contributed by atoms with E-state index < -0.39 is 0 Å². The number of carbonyl (C=O) groups is 1. The molecule has 5 heteroatoms. The third-order valence-electron chi connectivity index (χ3n) is 4.61. The molecule has 2 atom stereocenters.